The Hall–Kier alpha value is -1.20. The molecule has 0 bridgehead atoms. The van der Waals surface area contributed by atoms with Crippen molar-refractivity contribution in [3.8, 4) is 0 Å². The second-order valence-corrected chi connectivity index (χ2v) is 4.31. The zero-order chi connectivity index (χ0) is 13.3. The summed E-state index contributed by atoms with van der Waals surface area (Å²) in [6.07, 6.45) is 1.46. The van der Waals surface area contributed by atoms with Crippen LogP contribution in [0.3, 0.4) is 0 Å². The summed E-state index contributed by atoms with van der Waals surface area (Å²) in [6, 6.07) is 0. The highest BCUT2D eigenvalue weighted by atomic mass is 35.5. The van der Waals surface area contributed by atoms with Crippen LogP contribution in [0, 0.1) is 5.82 Å². The maximum atomic E-state index is 13.9. The smallest absolute Gasteiger partial charge is 0.225 e. The van der Waals surface area contributed by atoms with Gasteiger partial charge in [0, 0.05) is 19.3 Å². The summed E-state index contributed by atoms with van der Waals surface area (Å²) >= 11 is 11.5. The Labute approximate surface area is 114 Å². The van der Waals surface area contributed by atoms with Crippen molar-refractivity contribution in [2.24, 2.45) is 0 Å². The molecule has 0 aliphatic carbocycles. The van der Waals surface area contributed by atoms with E-state index in [9.17, 15) is 4.39 Å². The third-order valence-corrected chi connectivity index (χ3v) is 3.09. The molecule has 2 rings (SSSR count). The zero-order valence-electron chi connectivity index (χ0n) is 9.91. The molecule has 0 aliphatic heterocycles. The van der Waals surface area contributed by atoms with Gasteiger partial charge in [-0.2, -0.15) is 4.98 Å². The molecule has 2 aromatic rings. The topological polar surface area (TPSA) is 41.9 Å². The van der Waals surface area contributed by atoms with Gasteiger partial charge in [0.15, 0.2) is 11.0 Å². The van der Waals surface area contributed by atoms with Crippen molar-refractivity contribution in [1.29, 1.82) is 0 Å². The minimum absolute atomic E-state index is 0.00873. The summed E-state index contributed by atoms with van der Waals surface area (Å²) in [4.78, 5) is 13.8. The highest BCUT2D eigenvalue weighted by molar-refractivity contribution is 6.30. The van der Waals surface area contributed by atoms with Crippen LogP contribution in [0.4, 0.5) is 10.2 Å². The number of pyridine rings is 1. The van der Waals surface area contributed by atoms with Crippen molar-refractivity contribution in [3.63, 3.8) is 0 Å². The molecule has 7 heteroatoms. The molecule has 4 nitrogen and oxygen atoms in total. The quantitative estimate of drug-likeness (QED) is 0.642. The van der Waals surface area contributed by atoms with Gasteiger partial charge in [-0.15, -0.1) is 0 Å². The lowest BCUT2D eigenvalue weighted by Crippen LogP contribution is -2.23. The molecule has 0 saturated carbocycles. The number of aromatic nitrogens is 3. The fraction of sp³-hybridized carbons (Fsp3) is 0.364. The summed E-state index contributed by atoms with van der Waals surface area (Å²) in [5, 5.41) is 0.276. The second-order valence-electron chi connectivity index (χ2n) is 3.61. The Morgan fingerprint density at radius 2 is 1.89 bits per heavy atom. The molecule has 2 heterocycles. The van der Waals surface area contributed by atoms with Crippen molar-refractivity contribution in [2.45, 2.75) is 13.8 Å². The van der Waals surface area contributed by atoms with Gasteiger partial charge in [0.1, 0.15) is 11.3 Å². The van der Waals surface area contributed by atoms with E-state index in [1.54, 1.807) is 0 Å². The maximum Gasteiger partial charge on any atom is 0.225 e. The van der Waals surface area contributed by atoms with Gasteiger partial charge in [0.25, 0.3) is 0 Å². The number of hydrogen-bond acceptors (Lipinski definition) is 4. The highest BCUT2D eigenvalue weighted by Crippen LogP contribution is 2.28. The van der Waals surface area contributed by atoms with Crippen LogP contribution in [0.25, 0.3) is 10.9 Å². The van der Waals surface area contributed by atoms with Gasteiger partial charge in [-0.3, -0.25) is 0 Å². The van der Waals surface area contributed by atoms with Gasteiger partial charge in [-0.05, 0) is 25.4 Å². The molecule has 0 saturated heterocycles. The lowest BCUT2D eigenvalue weighted by Gasteiger charge is -2.21. The molecular weight excluding hydrogens is 278 g/mol. The van der Waals surface area contributed by atoms with Gasteiger partial charge in [-0.25, -0.2) is 14.4 Å². The first-order chi connectivity index (χ1) is 8.58. The monoisotopic (exact) mass is 288 g/mol. The Morgan fingerprint density at radius 3 is 2.50 bits per heavy atom. The summed E-state index contributed by atoms with van der Waals surface area (Å²) in [6.45, 7) is 5.41. The molecule has 2 aromatic heterocycles. The first-order valence-corrected chi connectivity index (χ1v) is 6.26. The second kappa shape index (κ2) is 5.20. The first-order valence-electron chi connectivity index (χ1n) is 5.50. The third kappa shape index (κ3) is 2.20. The van der Waals surface area contributed by atoms with Crippen LogP contribution in [-0.2, 0) is 0 Å². The SMILES string of the molecule is CCN(CC)c1nc(Cl)nc2c(F)c(Cl)ncc12. The van der Waals surface area contributed by atoms with Crippen LogP contribution in [0.15, 0.2) is 6.20 Å². The number of halogens is 3. The third-order valence-electron chi connectivity index (χ3n) is 2.66. The Morgan fingerprint density at radius 1 is 1.22 bits per heavy atom. The summed E-state index contributed by atoms with van der Waals surface area (Å²) in [5.74, 6) is -0.107. The van der Waals surface area contributed by atoms with Crippen LogP contribution in [0.5, 0.6) is 0 Å². The van der Waals surface area contributed by atoms with Crippen molar-refractivity contribution in [3.05, 3.63) is 22.5 Å². The van der Waals surface area contributed by atoms with Crippen molar-refractivity contribution >= 4 is 39.9 Å². The van der Waals surface area contributed by atoms with Crippen molar-refractivity contribution in [2.75, 3.05) is 18.0 Å². The van der Waals surface area contributed by atoms with Crippen LogP contribution in [-0.4, -0.2) is 28.0 Å². The number of nitrogens with zero attached hydrogens (tertiary/aromatic N) is 4. The van der Waals surface area contributed by atoms with E-state index in [0.717, 1.165) is 13.1 Å². The zero-order valence-corrected chi connectivity index (χ0v) is 11.4. The predicted molar refractivity (Wildman–Crippen MR) is 70.9 cm³/mol. The summed E-state index contributed by atoms with van der Waals surface area (Å²) in [5.41, 5.74) is 0.0944. The molecular formula is C11H11Cl2FN4. The van der Waals surface area contributed by atoms with Crippen LogP contribution < -0.4 is 4.90 Å². The molecule has 0 fully saturated rings. The van der Waals surface area contributed by atoms with Gasteiger partial charge in [0.05, 0.1) is 5.39 Å². The number of fused-ring (bicyclic) bond motifs is 1. The molecule has 0 radical (unpaired) electrons. The minimum Gasteiger partial charge on any atom is -0.356 e. The molecule has 0 aromatic carbocycles. The average Bonchev–Trinajstić information content (AvgIpc) is 2.36. The molecule has 96 valence electrons. The Balaban J connectivity index is 2.78. The number of anilines is 1. The fourth-order valence-corrected chi connectivity index (χ4v) is 2.06. The van der Waals surface area contributed by atoms with Gasteiger partial charge in [0.2, 0.25) is 5.28 Å². The molecule has 0 amide bonds. The van der Waals surface area contributed by atoms with E-state index >= 15 is 0 Å². The first kappa shape index (κ1) is 13.2. The number of rotatable bonds is 3. The summed E-state index contributed by atoms with van der Waals surface area (Å²) < 4.78 is 13.9. The largest absolute Gasteiger partial charge is 0.356 e. The molecule has 0 aliphatic rings. The highest BCUT2D eigenvalue weighted by Gasteiger charge is 2.16. The lowest BCUT2D eigenvalue weighted by molar-refractivity contribution is 0.631. The van der Waals surface area contributed by atoms with Gasteiger partial charge in [-0.1, -0.05) is 11.6 Å². The molecule has 0 N–H and O–H groups in total. The van der Waals surface area contributed by atoms with Gasteiger partial charge >= 0.3 is 0 Å². The predicted octanol–water partition coefficient (Wildman–Crippen LogP) is 3.32. The van der Waals surface area contributed by atoms with Crippen LogP contribution in [0.2, 0.25) is 10.4 Å². The minimum atomic E-state index is -0.674. The van der Waals surface area contributed by atoms with E-state index in [1.807, 2.05) is 18.7 Å². The Bertz CT molecular complexity index is 587. The molecule has 0 spiro atoms. The number of hydrogen-bond donors (Lipinski definition) is 0. The van der Waals surface area contributed by atoms with E-state index < -0.39 is 5.82 Å². The lowest BCUT2D eigenvalue weighted by atomic mass is 10.2. The van der Waals surface area contributed by atoms with E-state index in [2.05, 4.69) is 15.0 Å². The normalized spacial score (nSPS) is 10.9. The van der Waals surface area contributed by atoms with Gasteiger partial charge < -0.3 is 4.90 Å². The molecule has 0 unspecified atom stereocenters. The standard InChI is InChI=1S/C11H11Cl2FN4/c1-3-18(4-2)10-6-5-15-9(12)7(14)8(6)16-11(13)17-10/h5H,3-4H2,1-2H3. The van der Waals surface area contributed by atoms with Crippen molar-refractivity contribution in [1.82, 2.24) is 15.0 Å². The molecule has 18 heavy (non-hydrogen) atoms. The van der Waals surface area contributed by atoms with E-state index in [0.29, 0.717) is 11.2 Å². The average molecular weight is 289 g/mol. The van der Waals surface area contributed by atoms with Crippen LogP contribution >= 0.6 is 23.2 Å². The maximum absolute atomic E-state index is 13.9. The molecule has 0 atom stereocenters. The Kier molecular flexibility index (Phi) is 3.82. The fourth-order valence-electron chi connectivity index (χ4n) is 1.76. The summed E-state index contributed by atoms with van der Waals surface area (Å²) in [7, 11) is 0. The van der Waals surface area contributed by atoms with E-state index in [4.69, 9.17) is 23.2 Å². The van der Waals surface area contributed by atoms with E-state index in [1.165, 1.54) is 6.20 Å². The van der Waals surface area contributed by atoms with E-state index in [-0.39, 0.29) is 16.0 Å². The van der Waals surface area contributed by atoms with Crippen LogP contribution in [0.1, 0.15) is 13.8 Å². The van der Waals surface area contributed by atoms with Crippen molar-refractivity contribution < 1.29 is 4.39 Å².